The Hall–Kier alpha value is -2.04. The first-order valence-corrected chi connectivity index (χ1v) is 8.18. The maximum atomic E-state index is 12.1. The second-order valence-electron chi connectivity index (χ2n) is 5.21. The monoisotopic (exact) mass is 365 g/mol. The van der Waals surface area contributed by atoms with Gasteiger partial charge >= 0.3 is 0 Å². The third kappa shape index (κ3) is 4.73. The van der Waals surface area contributed by atoms with E-state index in [1.165, 1.54) is 0 Å². The van der Waals surface area contributed by atoms with Gasteiger partial charge in [0.25, 0.3) is 5.91 Å². The molecule has 4 nitrogen and oxygen atoms in total. The number of benzene rings is 2. The summed E-state index contributed by atoms with van der Waals surface area (Å²) in [7, 11) is 0. The van der Waals surface area contributed by atoms with Crippen molar-refractivity contribution in [1.82, 2.24) is 0 Å². The molecule has 0 aliphatic carbocycles. The van der Waals surface area contributed by atoms with E-state index in [1.54, 1.807) is 43.3 Å². The number of hydrogen-bond acceptors (Lipinski definition) is 3. The lowest BCUT2D eigenvalue weighted by molar-refractivity contribution is -0.118. The maximum Gasteiger partial charge on any atom is 0.262 e. The first kappa shape index (κ1) is 18.3. The number of carbonyl (C=O) groups is 2. The van der Waals surface area contributed by atoms with Gasteiger partial charge in [-0.2, -0.15) is 0 Å². The molecule has 0 unspecified atom stereocenters. The molecule has 2 aromatic rings. The minimum absolute atomic E-state index is 0.0959. The van der Waals surface area contributed by atoms with Crippen molar-refractivity contribution in [3.05, 3.63) is 57.6 Å². The Bertz CT molecular complexity index is 775. The first-order valence-electron chi connectivity index (χ1n) is 7.42. The molecule has 1 amide bonds. The number of anilines is 1. The number of amides is 1. The summed E-state index contributed by atoms with van der Waals surface area (Å²) < 4.78 is 5.50. The van der Waals surface area contributed by atoms with Gasteiger partial charge in [0.1, 0.15) is 5.75 Å². The number of Topliss-reactive ketones (excluding diaryl/α,β-unsaturated/α-hetero) is 1. The topological polar surface area (TPSA) is 55.4 Å². The predicted molar refractivity (Wildman–Crippen MR) is 96.4 cm³/mol. The second-order valence-corrected chi connectivity index (χ2v) is 6.09. The molecular formula is C18H17Cl2NO3. The zero-order valence-electron chi connectivity index (χ0n) is 13.4. The molecule has 0 spiro atoms. The zero-order valence-corrected chi connectivity index (χ0v) is 14.9. The molecule has 2 rings (SSSR count). The number of halogens is 2. The van der Waals surface area contributed by atoms with Gasteiger partial charge in [0.15, 0.2) is 12.4 Å². The molecule has 0 atom stereocenters. The Morgan fingerprint density at radius 1 is 1.08 bits per heavy atom. The average Bonchev–Trinajstić information content (AvgIpc) is 2.55. The Balaban J connectivity index is 2.05. The molecule has 2 aromatic carbocycles. The molecule has 0 fully saturated rings. The second kappa shape index (κ2) is 8.18. The summed E-state index contributed by atoms with van der Waals surface area (Å²) in [5.74, 6) is -0.0825. The fraction of sp³-hybridized carbons (Fsp3) is 0.222. The standard InChI is InChI=1S/C18H17Cl2NO3/c1-3-16(22)14-9-13(20)5-7-17(14)24-10-18(23)21-15-6-4-12(19)8-11(15)2/h4-9H,3,10H2,1-2H3,(H,21,23). The van der Waals surface area contributed by atoms with E-state index in [2.05, 4.69) is 5.32 Å². The van der Waals surface area contributed by atoms with Gasteiger partial charge in [-0.05, 0) is 48.9 Å². The molecule has 6 heteroatoms. The Morgan fingerprint density at radius 3 is 2.42 bits per heavy atom. The summed E-state index contributed by atoms with van der Waals surface area (Å²) in [6, 6.07) is 9.93. The fourth-order valence-corrected chi connectivity index (χ4v) is 2.53. The van der Waals surface area contributed by atoms with E-state index in [1.807, 2.05) is 6.92 Å². The van der Waals surface area contributed by atoms with Crippen LogP contribution in [0.25, 0.3) is 0 Å². The number of carbonyl (C=O) groups excluding carboxylic acids is 2. The molecule has 24 heavy (non-hydrogen) atoms. The van der Waals surface area contributed by atoms with Crippen LogP contribution < -0.4 is 10.1 Å². The normalized spacial score (nSPS) is 10.3. The maximum absolute atomic E-state index is 12.1. The number of ether oxygens (including phenoxy) is 1. The van der Waals surface area contributed by atoms with Gasteiger partial charge < -0.3 is 10.1 Å². The van der Waals surface area contributed by atoms with Crippen molar-refractivity contribution in [3.8, 4) is 5.75 Å². The van der Waals surface area contributed by atoms with Crippen LogP contribution in [-0.2, 0) is 4.79 Å². The first-order chi connectivity index (χ1) is 11.4. The van der Waals surface area contributed by atoms with Crippen LogP contribution in [0.5, 0.6) is 5.75 Å². The Kier molecular flexibility index (Phi) is 6.23. The quantitative estimate of drug-likeness (QED) is 0.739. The smallest absolute Gasteiger partial charge is 0.262 e. The lowest BCUT2D eigenvalue weighted by Gasteiger charge is -2.12. The van der Waals surface area contributed by atoms with Crippen molar-refractivity contribution < 1.29 is 14.3 Å². The zero-order chi connectivity index (χ0) is 17.7. The lowest BCUT2D eigenvalue weighted by atomic mass is 10.1. The van der Waals surface area contributed by atoms with Crippen LogP contribution in [0.1, 0.15) is 29.3 Å². The van der Waals surface area contributed by atoms with Crippen molar-refractivity contribution in [2.24, 2.45) is 0 Å². The van der Waals surface area contributed by atoms with Gasteiger partial charge in [-0.3, -0.25) is 9.59 Å². The van der Waals surface area contributed by atoms with Crippen molar-refractivity contribution in [2.45, 2.75) is 20.3 Å². The van der Waals surface area contributed by atoms with Crippen LogP contribution in [0.4, 0.5) is 5.69 Å². The third-order valence-corrected chi connectivity index (χ3v) is 3.85. The van der Waals surface area contributed by atoms with E-state index in [-0.39, 0.29) is 18.3 Å². The van der Waals surface area contributed by atoms with Gasteiger partial charge in [-0.1, -0.05) is 30.1 Å². The summed E-state index contributed by atoms with van der Waals surface area (Å²) in [6.45, 7) is 3.39. The molecule has 0 heterocycles. The molecule has 1 N–H and O–H groups in total. The van der Waals surface area contributed by atoms with Crippen molar-refractivity contribution in [3.63, 3.8) is 0 Å². The summed E-state index contributed by atoms with van der Waals surface area (Å²) >= 11 is 11.8. The van der Waals surface area contributed by atoms with E-state index in [0.29, 0.717) is 33.5 Å². The molecule has 0 radical (unpaired) electrons. The summed E-state index contributed by atoms with van der Waals surface area (Å²) in [5.41, 5.74) is 1.89. The van der Waals surface area contributed by atoms with Crippen molar-refractivity contribution in [1.29, 1.82) is 0 Å². The van der Waals surface area contributed by atoms with Crippen LogP contribution in [0, 0.1) is 6.92 Å². The van der Waals surface area contributed by atoms with E-state index in [4.69, 9.17) is 27.9 Å². The number of hydrogen-bond donors (Lipinski definition) is 1. The third-order valence-electron chi connectivity index (χ3n) is 3.38. The van der Waals surface area contributed by atoms with Gasteiger partial charge in [0.2, 0.25) is 0 Å². The van der Waals surface area contributed by atoms with Gasteiger partial charge in [-0.15, -0.1) is 0 Å². The van der Waals surface area contributed by atoms with E-state index >= 15 is 0 Å². The number of nitrogens with one attached hydrogen (secondary N) is 1. The van der Waals surface area contributed by atoms with Crippen molar-refractivity contribution in [2.75, 3.05) is 11.9 Å². The van der Waals surface area contributed by atoms with Crippen molar-refractivity contribution >= 4 is 40.6 Å². The Labute approximate surface area is 150 Å². The Morgan fingerprint density at radius 2 is 1.75 bits per heavy atom. The van der Waals surface area contributed by atoms with Gasteiger partial charge in [0.05, 0.1) is 5.56 Å². The molecular weight excluding hydrogens is 349 g/mol. The van der Waals surface area contributed by atoms with Crippen LogP contribution in [0.15, 0.2) is 36.4 Å². The molecule has 0 saturated heterocycles. The van der Waals surface area contributed by atoms with Crippen LogP contribution in [0.3, 0.4) is 0 Å². The minimum Gasteiger partial charge on any atom is -0.483 e. The summed E-state index contributed by atoms with van der Waals surface area (Å²) in [6.07, 6.45) is 0.326. The van der Waals surface area contributed by atoms with E-state index < -0.39 is 0 Å². The highest BCUT2D eigenvalue weighted by Gasteiger charge is 2.13. The summed E-state index contributed by atoms with van der Waals surface area (Å²) in [5, 5.41) is 3.80. The molecule has 0 aliphatic heterocycles. The van der Waals surface area contributed by atoms with Gasteiger partial charge in [0, 0.05) is 22.2 Å². The van der Waals surface area contributed by atoms with Gasteiger partial charge in [-0.25, -0.2) is 0 Å². The highest BCUT2D eigenvalue weighted by molar-refractivity contribution is 6.31. The number of ketones is 1. The number of rotatable bonds is 6. The van der Waals surface area contributed by atoms with E-state index in [9.17, 15) is 9.59 Å². The van der Waals surface area contributed by atoms with Crippen LogP contribution in [-0.4, -0.2) is 18.3 Å². The fourth-order valence-electron chi connectivity index (χ4n) is 2.13. The molecule has 0 aliphatic rings. The van der Waals surface area contributed by atoms with Crippen LogP contribution >= 0.6 is 23.2 Å². The minimum atomic E-state index is -0.328. The highest BCUT2D eigenvalue weighted by Crippen LogP contribution is 2.24. The lowest BCUT2D eigenvalue weighted by Crippen LogP contribution is -2.21. The van der Waals surface area contributed by atoms with Crippen LogP contribution in [0.2, 0.25) is 10.0 Å². The van der Waals surface area contributed by atoms with E-state index in [0.717, 1.165) is 5.56 Å². The number of aryl methyl sites for hydroxylation is 1. The highest BCUT2D eigenvalue weighted by atomic mass is 35.5. The largest absolute Gasteiger partial charge is 0.483 e. The molecule has 0 saturated carbocycles. The molecule has 0 bridgehead atoms. The molecule has 126 valence electrons. The summed E-state index contributed by atoms with van der Waals surface area (Å²) in [4.78, 5) is 24.0. The average molecular weight is 366 g/mol. The SMILES string of the molecule is CCC(=O)c1cc(Cl)ccc1OCC(=O)Nc1ccc(Cl)cc1C. The molecule has 0 aromatic heterocycles. The predicted octanol–water partition coefficient (Wildman–Crippen LogP) is 4.91.